The number of hydrogen-bond acceptors (Lipinski definition) is 2. The van der Waals surface area contributed by atoms with E-state index in [0.29, 0.717) is 0 Å². The van der Waals surface area contributed by atoms with Crippen molar-refractivity contribution in [2.45, 2.75) is 114 Å². The van der Waals surface area contributed by atoms with Gasteiger partial charge in [-0.2, -0.15) is 0 Å². The van der Waals surface area contributed by atoms with Gasteiger partial charge in [0.2, 0.25) is 0 Å². The molecular formula is C24H37O2P. The Kier molecular flexibility index (Phi) is 5.24. The lowest BCUT2D eigenvalue weighted by atomic mass is 9.90. The first-order valence-electron chi connectivity index (χ1n) is 11.0. The first kappa shape index (κ1) is 19.9. The number of ether oxygens (including phenoxy) is 2. The molecule has 3 fully saturated rings. The maximum absolute atomic E-state index is 6.64. The zero-order valence-corrected chi connectivity index (χ0v) is 18.8. The molecule has 0 radical (unpaired) electrons. The molecule has 2 nitrogen and oxygen atoms in total. The molecule has 2 aliphatic carbocycles. The third-order valence-electron chi connectivity index (χ3n) is 7.46. The fraction of sp³-hybridized carbons (Fsp3) is 0.750. The van der Waals surface area contributed by atoms with Crippen molar-refractivity contribution in [3.8, 4) is 0 Å². The van der Waals surface area contributed by atoms with E-state index in [0.717, 1.165) is 11.3 Å². The minimum atomic E-state index is -0.651. The molecule has 0 atom stereocenters. The van der Waals surface area contributed by atoms with Crippen molar-refractivity contribution in [2.24, 2.45) is 0 Å². The maximum atomic E-state index is 6.64. The Balaban J connectivity index is 1.75. The third kappa shape index (κ3) is 3.52. The lowest BCUT2D eigenvalue weighted by Gasteiger charge is -2.36. The van der Waals surface area contributed by atoms with Gasteiger partial charge in [0.25, 0.3) is 0 Å². The SMILES string of the molecule is CC1(c2ccccc2P(C2CCCC2)C2CCCC2)OC(C)(C)C(C)(C)O1. The molecule has 4 rings (SSSR count). The van der Waals surface area contributed by atoms with E-state index >= 15 is 0 Å². The van der Waals surface area contributed by atoms with E-state index in [1.54, 1.807) is 5.30 Å². The lowest BCUT2D eigenvalue weighted by Crippen LogP contribution is -2.41. The monoisotopic (exact) mass is 388 g/mol. The molecule has 0 amide bonds. The summed E-state index contributed by atoms with van der Waals surface area (Å²) in [5.41, 5.74) is 2.48. The predicted molar refractivity (Wildman–Crippen MR) is 115 cm³/mol. The van der Waals surface area contributed by atoms with Gasteiger partial charge in [0.05, 0.1) is 11.2 Å². The Morgan fingerprint density at radius 2 is 1.19 bits per heavy atom. The summed E-state index contributed by atoms with van der Waals surface area (Å²) in [6.07, 6.45) is 11.4. The second kappa shape index (κ2) is 7.12. The van der Waals surface area contributed by atoms with Crippen LogP contribution in [-0.2, 0) is 15.3 Å². The summed E-state index contributed by atoms with van der Waals surface area (Å²) < 4.78 is 13.3. The predicted octanol–water partition coefficient (Wildman–Crippen LogP) is 6.46. The molecule has 0 unspecified atom stereocenters. The summed E-state index contributed by atoms with van der Waals surface area (Å²) in [4.78, 5) is 0. The van der Waals surface area contributed by atoms with Gasteiger partial charge in [-0.05, 0) is 76.9 Å². The summed E-state index contributed by atoms with van der Waals surface area (Å²) in [6, 6.07) is 9.11. The first-order chi connectivity index (χ1) is 12.7. The Morgan fingerprint density at radius 3 is 1.67 bits per heavy atom. The van der Waals surface area contributed by atoms with Crippen molar-refractivity contribution in [1.82, 2.24) is 0 Å². The zero-order chi connectivity index (χ0) is 19.3. The fourth-order valence-corrected chi connectivity index (χ4v) is 9.53. The zero-order valence-electron chi connectivity index (χ0n) is 17.9. The average molecular weight is 389 g/mol. The standard InChI is InChI=1S/C24H37O2P/c1-22(2)23(3,4)26-24(5,25-22)20-16-10-11-17-21(20)27(18-12-6-7-13-18)19-14-8-9-15-19/h10-11,16-19H,6-9,12-15H2,1-5H3. The number of benzene rings is 1. The van der Waals surface area contributed by atoms with Crippen molar-refractivity contribution >= 4 is 13.2 Å². The highest BCUT2D eigenvalue weighted by atomic mass is 31.1. The Hall–Kier alpha value is -0.430. The molecule has 1 heterocycles. The van der Waals surface area contributed by atoms with Crippen LogP contribution in [0.3, 0.4) is 0 Å². The van der Waals surface area contributed by atoms with Gasteiger partial charge in [-0.3, -0.25) is 0 Å². The van der Waals surface area contributed by atoms with Crippen LogP contribution in [0.4, 0.5) is 0 Å². The summed E-state index contributed by atoms with van der Waals surface area (Å²) in [5, 5.41) is 1.57. The van der Waals surface area contributed by atoms with Gasteiger partial charge in [0.15, 0.2) is 5.79 Å². The van der Waals surface area contributed by atoms with Crippen LogP contribution in [0, 0.1) is 0 Å². The topological polar surface area (TPSA) is 18.5 Å². The minimum absolute atomic E-state index is 0.148. The molecular weight excluding hydrogens is 351 g/mol. The fourth-order valence-electron chi connectivity index (χ4n) is 5.49. The van der Waals surface area contributed by atoms with E-state index in [1.165, 1.54) is 56.9 Å². The van der Waals surface area contributed by atoms with Crippen LogP contribution in [0.15, 0.2) is 24.3 Å². The summed E-state index contributed by atoms with van der Waals surface area (Å²) >= 11 is 0. The molecule has 1 saturated heterocycles. The Labute approximate surface area is 167 Å². The van der Waals surface area contributed by atoms with Gasteiger partial charge in [-0.15, -0.1) is 0 Å². The molecule has 1 aromatic carbocycles. The molecule has 1 aliphatic heterocycles. The van der Waals surface area contributed by atoms with Crippen LogP contribution in [0.25, 0.3) is 0 Å². The third-order valence-corrected chi connectivity index (χ3v) is 11.0. The summed E-state index contributed by atoms with van der Waals surface area (Å²) in [5.74, 6) is -0.651. The van der Waals surface area contributed by atoms with Gasteiger partial charge in [-0.1, -0.05) is 57.9 Å². The van der Waals surface area contributed by atoms with Crippen molar-refractivity contribution in [1.29, 1.82) is 0 Å². The molecule has 27 heavy (non-hydrogen) atoms. The molecule has 2 saturated carbocycles. The van der Waals surface area contributed by atoms with Crippen molar-refractivity contribution in [3.05, 3.63) is 29.8 Å². The second-order valence-electron chi connectivity index (χ2n) is 9.97. The summed E-state index contributed by atoms with van der Waals surface area (Å²) in [7, 11) is -0.148. The van der Waals surface area contributed by atoms with Crippen LogP contribution in [0.1, 0.15) is 91.5 Å². The molecule has 0 aromatic heterocycles. The summed E-state index contributed by atoms with van der Waals surface area (Å²) in [6.45, 7) is 10.8. The van der Waals surface area contributed by atoms with Crippen LogP contribution in [0.2, 0.25) is 0 Å². The smallest absolute Gasteiger partial charge is 0.194 e. The van der Waals surface area contributed by atoms with Gasteiger partial charge in [-0.25, -0.2) is 0 Å². The largest absolute Gasteiger partial charge is 0.337 e. The second-order valence-corrected chi connectivity index (χ2v) is 12.7. The van der Waals surface area contributed by atoms with Gasteiger partial charge in [0.1, 0.15) is 0 Å². The van der Waals surface area contributed by atoms with Crippen molar-refractivity contribution in [3.63, 3.8) is 0 Å². The highest BCUT2D eigenvalue weighted by Gasteiger charge is 2.56. The molecule has 150 valence electrons. The Morgan fingerprint density at radius 1 is 0.741 bits per heavy atom. The quantitative estimate of drug-likeness (QED) is 0.551. The van der Waals surface area contributed by atoms with E-state index in [4.69, 9.17) is 9.47 Å². The van der Waals surface area contributed by atoms with Crippen LogP contribution in [0.5, 0.6) is 0 Å². The van der Waals surface area contributed by atoms with Gasteiger partial charge in [0, 0.05) is 5.56 Å². The highest BCUT2D eigenvalue weighted by Crippen LogP contribution is 2.58. The van der Waals surface area contributed by atoms with E-state index in [-0.39, 0.29) is 19.1 Å². The van der Waals surface area contributed by atoms with E-state index in [2.05, 4.69) is 58.9 Å². The molecule has 3 aliphatic rings. The van der Waals surface area contributed by atoms with E-state index < -0.39 is 5.79 Å². The van der Waals surface area contributed by atoms with E-state index in [9.17, 15) is 0 Å². The maximum Gasteiger partial charge on any atom is 0.194 e. The van der Waals surface area contributed by atoms with Crippen LogP contribution < -0.4 is 5.30 Å². The molecule has 0 spiro atoms. The molecule has 1 aromatic rings. The number of rotatable bonds is 4. The average Bonchev–Trinajstić information content (AvgIpc) is 3.31. The van der Waals surface area contributed by atoms with E-state index in [1.807, 2.05) is 0 Å². The Bertz CT molecular complexity index is 637. The number of hydrogen-bond donors (Lipinski definition) is 0. The van der Waals surface area contributed by atoms with Gasteiger partial charge < -0.3 is 9.47 Å². The molecule has 0 bridgehead atoms. The minimum Gasteiger partial charge on any atom is -0.337 e. The van der Waals surface area contributed by atoms with Crippen molar-refractivity contribution in [2.75, 3.05) is 0 Å². The van der Waals surface area contributed by atoms with Gasteiger partial charge >= 0.3 is 0 Å². The molecule has 3 heteroatoms. The lowest BCUT2D eigenvalue weighted by molar-refractivity contribution is -0.185. The first-order valence-corrected chi connectivity index (χ1v) is 12.5. The van der Waals surface area contributed by atoms with Crippen LogP contribution >= 0.6 is 7.92 Å². The van der Waals surface area contributed by atoms with Crippen molar-refractivity contribution < 1.29 is 9.47 Å². The molecule has 0 N–H and O–H groups in total. The highest BCUT2D eigenvalue weighted by molar-refractivity contribution is 7.67. The van der Waals surface area contributed by atoms with Crippen LogP contribution in [-0.4, -0.2) is 22.5 Å². The normalized spacial score (nSPS) is 27.6.